The quantitative estimate of drug-likeness (QED) is 0.211. The Bertz CT molecular complexity index is 1810. The summed E-state index contributed by atoms with van der Waals surface area (Å²) in [6.07, 6.45) is 0. The summed E-state index contributed by atoms with van der Waals surface area (Å²) in [5.41, 5.74) is 5.32. The van der Waals surface area contributed by atoms with Gasteiger partial charge in [0.25, 0.3) is 0 Å². The van der Waals surface area contributed by atoms with Gasteiger partial charge in [-0.3, -0.25) is 0 Å². The monoisotopic (exact) mass is 541 g/mol. The van der Waals surface area contributed by atoms with Crippen LogP contribution in [0.5, 0.6) is 0 Å². The Balaban J connectivity index is 1.43. The Labute approximate surface area is 239 Å². The van der Waals surface area contributed by atoms with E-state index in [1.807, 2.05) is 44.2 Å². The number of fused-ring (bicyclic) bond motifs is 3. The van der Waals surface area contributed by atoms with Gasteiger partial charge in [0.2, 0.25) is 0 Å². The predicted molar refractivity (Wildman–Crippen MR) is 168 cm³/mol. The molecule has 197 valence electrons. The minimum Gasteiger partial charge on any atom is -0.427 e. The van der Waals surface area contributed by atoms with Gasteiger partial charge >= 0.3 is 7.48 Å². The smallest absolute Gasteiger partial charge is 0.330 e. The summed E-state index contributed by atoms with van der Waals surface area (Å²) in [6.45, 7) is 7.25. The van der Waals surface area contributed by atoms with E-state index < -0.39 is 11.2 Å². The molecule has 6 heteroatoms. The van der Waals surface area contributed by atoms with Crippen molar-refractivity contribution in [2.75, 3.05) is 0 Å². The molecule has 1 N–H and O–H groups in total. The van der Waals surface area contributed by atoms with Gasteiger partial charge in [0.1, 0.15) is 0 Å². The molecule has 6 rings (SSSR count). The molecular weight excluding hydrogens is 511 g/mol. The molecule has 2 aromatic heterocycles. The second kappa shape index (κ2) is 10.3. The van der Waals surface area contributed by atoms with Gasteiger partial charge in [0.05, 0.1) is 27.1 Å². The topological polar surface area (TPSA) is 55.2 Å². The van der Waals surface area contributed by atoms with E-state index in [9.17, 15) is 5.11 Å². The number of hydrogen-bond donors (Lipinski definition) is 1. The third kappa shape index (κ3) is 5.06. The molecule has 0 saturated carbocycles. The molecule has 0 aliphatic rings. The van der Waals surface area contributed by atoms with E-state index in [0.717, 1.165) is 37.9 Å². The summed E-state index contributed by atoms with van der Waals surface area (Å²) >= 11 is 1.73. The van der Waals surface area contributed by atoms with Crippen LogP contribution in [-0.4, -0.2) is 33.8 Å². The van der Waals surface area contributed by atoms with Crippen molar-refractivity contribution in [1.82, 2.24) is 9.97 Å². The van der Waals surface area contributed by atoms with Crippen LogP contribution < -0.4 is 5.46 Å². The zero-order valence-corrected chi connectivity index (χ0v) is 23.9. The van der Waals surface area contributed by atoms with Crippen LogP contribution in [0.3, 0.4) is 0 Å². The Hall–Kier alpha value is -3.84. The van der Waals surface area contributed by atoms with Gasteiger partial charge in [0.15, 0.2) is 5.82 Å². The van der Waals surface area contributed by atoms with Crippen LogP contribution in [-0.2, 0) is 4.65 Å². The summed E-state index contributed by atoms with van der Waals surface area (Å²) in [7, 11) is 1.70. The first-order valence-electron chi connectivity index (χ1n) is 13.4. The maximum atomic E-state index is 10.5. The molecule has 0 atom stereocenters. The molecule has 0 saturated heterocycles. The van der Waals surface area contributed by atoms with Crippen molar-refractivity contribution in [2.24, 2.45) is 0 Å². The highest BCUT2D eigenvalue weighted by Crippen LogP contribution is 2.39. The zero-order valence-electron chi connectivity index (χ0n) is 23.1. The molecule has 0 bridgehead atoms. The van der Waals surface area contributed by atoms with E-state index >= 15 is 0 Å². The summed E-state index contributed by atoms with van der Waals surface area (Å²) in [5, 5.41) is 11.6. The third-order valence-corrected chi connectivity index (χ3v) is 8.76. The second-order valence-corrected chi connectivity index (χ2v) is 12.1. The minimum absolute atomic E-state index is 0.662. The molecular formula is C34H30BN2O2S. The van der Waals surface area contributed by atoms with Crippen LogP contribution in [0.15, 0.2) is 103 Å². The predicted octanol–water partition coefficient (Wildman–Crippen LogP) is 7.66. The molecule has 1 radical (unpaired) electrons. The fourth-order valence-corrected chi connectivity index (χ4v) is 5.63. The van der Waals surface area contributed by atoms with Gasteiger partial charge in [-0.2, -0.15) is 0 Å². The van der Waals surface area contributed by atoms with Crippen molar-refractivity contribution >= 4 is 44.6 Å². The molecule has 0 fully saturated rings. The molecule has 40 heavy (non-hydrogen) atoms. The van der Waals surface area contributed by atoms with Crippen LogP contribution in [0.25, 0.3) is 54.1 Å². The van der Waals surface area contributed by atoms with Crippen molar-refractivity contribution in [3.8, 4) is 33.8 Å². The van der Waals surface area contributed by atoms with E-state index in [1.54, 1.807) is 32.7 Å². The Morgan fingerprint density at radius 1 is 0.700 bits per heavy atom. The summed E-state index contributed by atoms with van der Waals surface area (Å²) in [4.78, 5) is 10.2. The lowest BCUT2D eigenvalue weighted by Crippen LogP contribution is -2.49. The lowest BCUT2D eigenvalue weighted by atomic mass is 9.82. The number of rotatable bonds is 7. The molecule has 4 nitrogen and oxygen atoms in total. The highest BCUT2D eigenvalue weighted by Gasteiger charge is 2.35. The Morgan fingerprint density at radius 3 is 2.10 bits per heavy atom. The van der Waals surface area contributed by atoms with Gasteiger partial charge in [-0.15, -0.1) is 11.3 Å². The van der Waals surface area contributed by atoms with E-state index in [-0.39, 0.29) is 0 Å². The number of hydrogen-bond acceptors (Lipinski definition) is 5. The summed E-state index contributed by atoms with van der Waals surface area (Å²) < 4.78 is 8.28. The maximum Gasteiger partial charge on any atom is 0.330 e. The number of thiophene rings is 1. The van der Waals surface area contributed by atoms with Crippen molar-refractivity contribution in [3.63, 3.8) is 0 Å². The molecule has 4 aromatic carbocycles. The fraction of sp³-hybridized carbons (Fsp3) is 0.176. The summed E-state index contributed by atoms with van der Waals surface area (Å²) in [5.74, 6) is 0.662. The Morgan fingerprint density at radius 2 is 1.35 bits per heavy atom. The number of benzene rings is 4. The normalized spacial score (nSPS) is 12.2. The largest absolute Gasteiger partial charge is 0.427 e. The highest BCUT2D eigenvalue weighted by atomic mass is 32.1. The van der Waals surface area contributed by atoms with Gasteiger partial charge in [-0.05, 0) is 44.9 Å². The molecule has 0 unspecified atom stereocenters. The first kappa shape index (κ1) is 26.4. The standard InChI is InChI=1S/C34H30BN2O2S/c1-33(2,38)34(3,4)39-35-26-14-10-13-25(21-26)32-36-29(31-30(37-32)27-15-8-9-16-28(27)40-31)24-19-17-23(18-20-24)22-11-6-5-7-12-22/h5-21,38H,1-4H3. The average Bonchev–Trinajstić information content (AvgIpc) is 3.34. The molecule has 0 spiro atoms. The molecule has 2 heterocycles. The number of aliphatic hydroxyl groups is 1. The van der Waals surface area contributed by atoms with Crippen molar-refractivity contribution < 1.29 is 9.76 Å². The van der Waals surface area contributed by atoms with Gasteiger partial charge in [-0.25, -0.2) is 9.97 Å². The maximum absolute atomic E-state index is 10.5. The van der Waals surface area contributed by atoms with E-state index in [4.69, 9.17) is 14.6 Å². The minimum atomic E-state index is -1.000. The first-order chi connectivity index (χ1) is 19.2. The van der Waals surface area contributed by atoms with E-state index in [2.05, 4.69) is 72.8 Å². The van der Waals surface area contributed by atoms with Gasteiger partial charge < -0.3 is 9.76 Å². The van der Waals surface area contributed by atoms with E-state index in [0.29, 0.717) is 5.82 Å². The van der Waals surface area contributed by atoms with E-state index in [1.165, 1.54) is 15.8 Å². The zero-order chi connectivity index (χ0) is 27.9. The Kier molecular flexibility index (Phi) is 6.79. The molecule has 0 amide bonds. The van der Waals surface area contributed by atoms with Gasteiger partial charge in [-0.1, -0.05) is 103 Å². The van der Waals surface area contributed by atoms with Crippen molar-refractivity contribution in [2.45, 2.75) is 38.9 Å². The second-order valence-electron chi connectivity index (χ2n) is 11.0. The molecule has 0 aliphatic carbocycles. The number of nitrogens with zero attached hydrogens (tertiary/aromatic N) is 2. The highest BCUT2D eigenvalue weighted by molar-refractivity contribution is 7.26. The van der Waals surface area contributed by atoms with Crippen LogP contribution in [0.2, 0.25) is 0 Å². The van der Waals surface area contributed by atoms with Crippen molar-refractivity contribution in [3.05, 3.63) is 103 Å². The van der Waals surface area contributed by atoms with Crippen molar-refractivity contribution in [1.29, 1.82) is 0 Å². The first-order valence-corrected chi connectivity index (χ1v) is 14.2. The SMILES string of the molecule is CC(C)(O)C(C)(C)O[B]c1cccc(-c2nc(-c3ccc(-c4ccccc4)cc3)c3sc4ccccc4c3n2)c1. The van der Waals surface area contributed by atoms with Gasteiger partial charge in [0, 0.05) is 21.2 Å². The van der Waals surface area contributed by atoms with Crippen LogP contribution >= 0.6 is 11.3 Å². The molecule has 0 aliphatic heterocycles. The lowest BCUT2D eigenvalue weighted by molar-refractivity contribution is -0.0893. The molecule has 6 aromatic rings. The fourth-order valence-electron chi connectivity index (χ4n) is 4.48. The van der Waals surface area contributed by atoms with Crippen LogP contribution in [0.4, 0.5) is 0 Å². The van der Waals surface area contributed by atoms with Crippen LogP contribution in [0.1, 0.15) is 27.7 Å². The van der Waals surface area contributed by atoms with Crippen LogP contribution in [0, 0.1) is 0 Å². The third-order valence-electron chi connectivity index (χ3n) is 7.59. The average molecular weight is 542 g/mol. The lowest BCUT2D eigenvalue weighted by Gasteiger charge is -2.37. The summed E-state index contributed by atoms with van der Waals surface area (Å²) in [6, 6.07) is 35.4. The number of aromatic nitrogens is 2.